The van der Waals surface area contributed by atoms with E-state index >= 15 is 0 Å². The molecular weight excluding hydrogens is 262 g/mol. The van der Waals surface area contributed by atoms with E-state index in [2.05, 4.69) is 15.0 Å². The first-order valence-corrected chi connectivity index (χ1v) is 5.50. The molecule has 3 rings (SSSR count). The number of nitrogens with zero attached hydrogens (tertiary/aromatic N) is 4. The highest BCUT2D eigenvalue weighted by Gasteiger charge is 2.59. The second kappa shape index (κ2) is 4.15. The average molecular weight is 272 g/mol. The van der Waals surface area contributed by atoms with Crippen LogP contribution in [0.2, 0.25) is 0 Å². The molecule has 102 valence electrons. The van der Waals surface area contributed by atoms with Gasteiger partial charge in [0.05, 0.1) is 19.1 Å². The molecule has 0 radical (unpaired) electrons. The molecule has 9 heteroatoms. The van der Waals surface area contributed by atoms with E-state index in [1.807, 2.05) is 0 Å². The first kappa shape index (κ1) is 12.3. The van der Waals surface area contributed by atoms with Crippen molar-refractivity contribution in [2.75, 3.05) is 6.61 Å². The SMILES string of the molecule is OC[C@H]1O[C@@H](n2cnc3cncnc32)C(F)(F)[C@@H]1O. The number of ether oxygens (including phenoxy) is 1. The van der Waals surface area contributed by atoms with Crippen molar-refractivity contribution in [2.45, 2.75) is 24.4 Å². The number of imidazole rings is 1. The summed E-state index contributed by atoms with van der Waals surface area (Å²) in [4.78, 5) is 11.5. The van der Waals surface area contributed by atoms with Crippen molar-refractivity contribution in [3.63, 3.8) is 0 Å². The molecule has 19 heavy (non-hydrogen) atoms. The predicted octanol–water partition coefficient (Wildman–Crippen LogP) is -0.288. The van der Waals surface area contributed by atoms with Crippen LogP contribution in [0.15, 0.2) is 18.9 Å². The standard InChI is InChI=1S/C10H10F2N4O3/c11-10(12)7(18)6(2-17)19-9(10)16-4-15-5-1-13-3-14-8(5)16/h1,3-4,6-7,9,17-18H,2H2/t6-,7-,9-/m1/s1. The molecule has 2 N–H and O–H groups in total. The molecule has 1 aliphatic heterocycles. The first-order chi connectivity index (χ1) is 9.05. The summed E-state index contributed by atoms with van der Waals surface area (Å²) in [7, 11) is 0. The van der Waals surface area contributed by atoms with Gasteiger partial charge >= 0.3 is 5.92 Å². The number of hydrogen-bond donors (Lipinski definition) is 2. The van der Waals surface area contributed by atoms with Crippen LogP contribution < -0.4 is 0 Å². The molecule has 0 unspecified atom stereocenters. The van der Waals surface area contributed by atoms with Crippen LogP contribution in [0.5, 0.6) is 0 Å². The van der Waals surface area contributed by atoms with Crippen LogP contribution in [-0.2, 0) is 4.74 Å². The number of alkyl halides is 2. The van der Waals surface area contributed by atoms with Crippen LogP contribution in [0.3, 0.4) is 0 Å². The van der Waals surface area contributed by atoms with Gasteiger partial charge in [-0.15, -0.1) is 0 Å². The van der Waals surface area contributed by atoms with E-state index in [1.54, 1.807) is 0 Å². The molecule has 0 amide bonds. The van der Waals surface area contributed by atoms with E-state index in [-0.39, 0.29) is 5.65 Å². The second-order valence-corrected chi connectivity index (χ2v) is 4.21. The van der Waals surface area contributed by atoms with Crippen molar-refractivity contribution in [2.24, 2.45) is 0 Å². The average Bonchev–Trinajstić information content (AvgIpc) is 2.91. The molecule has 7 nitrogen and oxygen atoms in total. The summed E-state index contributed by atoms with van der Waals surface area (Å²) >= 11 is 0. The molecule has 1 aliphatic rings. The normalized spacial score (nSPS) is 30.0. The molecule has 3 atom stereocenters. The zero-order valence-electron chi connectivity index (χ0n) is 9.52. The highest BCUT2D eigenvalue weighted by molar-refractivity contribution is 5.69. The smallest absolute Gasteiger partial charge is 0.320 e. The molecule has 2 aromatic heterocycles. The van der Waals surface area contributed by atoms with E-state index in [0.29, 0.717) is 5.52 Å². The van der Waals surface area contributed by atoms with Crippen LogP contribution in [0, 0.1) is 0 Å². The summed E-state index contributed by atoms with van der Waals surface area (Å²) in [6.45, 7) is -0.700. The Balaban J connectivity index is 2.07. The summed E-state index contributed by atoms with van der Waals surface area (Å²) in [5.41, 5.74) is 0.509. The number of aliphatic hydroxyl groups is 2. The maximum absolute atomic E-state index is 14.0. The largest absolute Gasteiger partial charge is 0.394 e. The van der Waals surface area contributed by atoms with Crippen LogP contribution in [0.4, 0.5) is 8.78 Å². The molecule has 0 spiro atoms. The van der Waals surface area contributed by atoms with Gasteiger partial charge in [0.1, 0.15) is 17.9 Å². The lowest BCUT2D eigenvalue weighted by Crippen LogP contribution is -2.39. The minimum Gasteiger partial charge on any atom is -0.394 e. The van der Waals surface area contributed by atoms with E-state index in [9.17, 15) is 13.9 Å². The van der Waals surface area contributed by atoms with Crippen molar-refractivity contribution in [3.8, 4) is 0 Å². The van der Waals surface area contributed by atoms with Crippen LogP contribution >= 0.6 is 0 Å². The molecule has 0 saturated carbocycles. The molecule has 1 fully saturated rings. The third-order valence-electron chi connectivity index (χ3n) is 3.05. The molecular formula is C10H10F2N4O3. The minimum absolute atomic E-state index is 0.172. The predicted molar refractivity (Wildman–Crippen MR) is 57.3 cm³/mol. The Morgan fingerprint density at radius 3 is 2.89 bits per heavy atom. The van der Waals surface area contributed by atoms with Gasteiger partial charge in [-0.25, -0.2) is 15.0 Å². The summed E-state index contributed by atoms with van der Waals surface area (Å²) in [6, 6.07) is 0. The molecule has 0 aliphatic carbocycles. The third-order valence-corrected chi connectivity index (χ3v) is 3.05. The van der Waals surface area contributed by atoms with Crippen LogP contribution in [0.25, 0.3) is 11.2 Å². The number of aliphatic hydroxyl groups excluding tert-OH is 2. The maximum atomic E-state index is 14.0. The van der Waals surface area contributed by atoms with E-state index in [0.717, 1.165) is 10.9 Å². The highest BCUT2D eigenvalue weighted by Crippen LogP contribution is 2.43. The fraction of sp³-hybridized carbons (Fsp3) is 0.500. The number of fused-ring (bicyclic) bond motifs is 1. The maximum Gasteiger partial charge on any atom is 0.320 e. The Bertz CT molecular complexity index is 605. The van der Waals surface area contributed by atoms with Crippen molar-refractivity contribution in [3.05, 3.63) is 18.9 Å². The van der Waals surface area contributed by atoms with E-state index in [1.165, 1.54) is 12.5 Å². The van der Waals surface area contributed by atoms with Gasteiger partial charge in [0.2, 0.25) is 6.23 Å². The van der Waals surface area contributed by atoms with E-state index < -0.39 is 31.0 Å². The van der Waals surface area contributed by atoms with Crippen LogP contribution in [0.1, 0.15) is 6.23 Å². The van der Waals surface area contributed by atoms with Crippen molar-refractivity contribution >= 4 is 11.2 Å². The van der Waals surface area contributed by atoms with Gasteiger partial charge in [-0.05, 0) is 0 Å². The number of halogens is 2. The molecule has 2 aromatic rings. The zero-order valence-corrected chi connectivity index (χ0v) is 9.52. The van der Waals surface area contributed by atoms with Crippen molar-refractivity contribution in [1.82, 2.24) is 19.5 Å². The fourth-order valence-corrected chi connectivity index (χ4v) is 2.08. The van der Waals surface area contributed by atoms with Crippen molar-refractivity contribution in [1.29, 1.82) is 0 Å². The minimum atomic E-state index is -3.55. The lowest BCUT2D eigenvalue weighted by atomic mass is 10.1. The Hall–Kier alpha value is -1.71. The molecule has 0 aromatic carbocycles. The number of rotatable bonds is 2. The van der Waals surface area contributed by atoms with Gasteiger partial charge in [0.15, 0.2) is 11.8 Å². The first-order valence-electron chi connectivity index (χ1n) is 5.50. The Kier molecular flexibility index (Phi) is 2.69. The Labute approximate surface area is 105 Å². The Morgan fingerprint density at radius 2 is 2.21 bits per heavy atom. The second-order valence-electron chi connectivity index (χ2n) is 4.21. The van der Waals surface area contributed by atoms with Gasteiger partial charge in [0, 0.05) is 0 Å². The lowest BCUT2D eigenvalue weighted by molar-refractivity contribution is -0.138. The van der Waals surface area contributed by atoms with Gasteiger partial charge in [0.25, 0.3) is 0 Å². The topological polar surface area (TPSA) is 93.3 Å². The molecule has 0 bridgehead atoms. The Morgan fingerprint density at radius 1 is 1.42 bits per heavy atom. The summed E-state index contributed by atoms with van der Waals surface area (Å²) in [5.74, 6) is -3.55. The summed E-state index contributed by atoms with van der Waals surface area (Å²) < 4.78 is 33.9. The highest BCUT2D eigenvalue weighted by atomic mass is 19.3. The summed E-state index contributed by atoms with van der Waals surface area (Å²) in [6.07, 6.45) is -1.47. The van der Waals surface area contributed by atoms with Gasteiger partial charge in [-0.1, -0.05) is 0 Å². The van der Waals surface area contributed by atoms with Gasteiger partial charge in [-0.2, -0.15) is 8.78 Å². The molecule has 1 saturated heterocycles. The van der Waals surface area contributed by atoms with E-state index in [4.69, 9.17) is 9.84 Å². The van der Waals surface area contributed by atoms with Gasteiger partial charge in [-0.3, -0.25) is 4.57 Å². The third kappa shape index (κ3) is 1.70. The van der Waals surface area contributed by atoms with Gasteiger partial charge < -0.3 is 14.9 Å². The fourth-order valence-electron chi connectivity index (χ4n) is 2.08. The zero-order chi connectivity index (χ0) is 13.6. The number of hydrogen-bond acceptors (Lipinski definition) is 6. The quantitative estimate of drug-likeness (QED) is 0.780. The molecule has 3 heterocycles. The van der Waals surface area contributed by atoms with Crippen LogP contribution in [-0.4, -0.2) is 54.5 Å². The number of aromatic nitrogens is 4. The van der Waals surface area contributed by atoms with Crippen molar-refractivity contribution < 1.29 is 23.7 Å². The monoisotopic (exact) mass is 272 g/mol. The lowest BCUT2D eigenvalue weighted by Gasteiger charge is -2.20. The summed E-state index contributed by atoms with van der Waals surface area (Å²) in [5, 5.41) is 18.4.